The molecule has 0 aliphatic carbocycles. The lowest BCUT2D eigenvalue weighted by Crippen LogP contribution is -2.46. The van der Waals surface area contributed by atoms with Crippen LogP contribution in [0.3, 0.4) is 0 Å². The van der Waals surface area contributed by atoms with Crippen molar-refractivity contribution in [3.8, 4) is 0 Å². The first-order chi connectivity index (χ1) is 6.59. The van der Waals surface area contributed by atoms with Gasteiger partial charge in [0.15, 0.2) is 0 Å². The molecule has 1 fully saturated rings. The molecule has 2 radical (unpaired) electrons. The third-order valence-corrected chi connectivity index (χ3v) is 2.81. The molecule has 1 heterocycles. The first-order valence-electron chi connectivity index (χ1n) is 4.48. The third-order valence-electron chi connectivity index (χ3n) is 1.78. The Hall–Kier alpha value is 0.00494. The van der Waals surface area contributed by atoms with Crippen molar-refractivity contribution in [3.05, 3.63) is 0 Å². The van der Waals surface area contributed by atoms with Crippen LogP contribution < -0.4 is 5.32 Å². The van der Waals surface area contributed by atoms with Gasteiger partial charge < -0.3 is 10.1 Å². The molecule has 0 saturated carbocycles. The smallest absolute Gasteiger partial charge is 0.380 e. The lowest BCUT2D eigenvalue weighted by atomic mass is 9.98. The number of ether oxygens (including phenoxy) is 1. The van der Waals surface area contributed by atoms with Gasteiger partial charge in [-0.3, -0.25) is 0 Å². The Morgan fingerprint density at radius 1 is 1.64 bits per heavy atom. The molecule has 0 aromatic rings. The molecule has 0 bridgehead atoms. The summed E-state index contributed by atoms with van der Waals surface area (Å²) in [6.45, 7) is 1.63. The average molecular weight is 217 g/mol. The lowest BCUT2D eigenvalue weighted by Gasteiger charge is -2.27. The van der Waals surface area contributed by atoms with Crippen LogP contribution in [0.5, 0.6) is 0 Å². The Morgan fingerprint density at radius 3 is 2.93 bits per heavy atom. The number of morpholine rings is 1. The summed E-state index contributed by atoms with van der Waals surface area (Å²) in [5.41, 5.74) is 0. The number of nitrogens with zero attached hydrogens (tertiary/aromatic N) is 1. The van der Waals surface area contributed by atoms with Gasteiger partial charge in [-0.05, 0) is 4.57 Å². The second kappa shape index (κ2) is 5.78. The number of nitrogens with one attached hydrogen (secondary N) is 1. The predicted molar refractivity (Wildman–Crippen MR) is 54.5 cm³/mol. The van der Waals surface area contributed by atoms with Gasteiger partial charge >= 0.3 is 8.18 Å². The molecule has 1 aliphatic rings. The van der Waals surface area contributed by atoms with Crippen molar-refractivity contribution in [2.75, 3.05) is 33.8 Å². The van der Waals surface area contributed by atoms with Crippen LogP contribution in [0.2, 0.25) is 0 Å². The van der Waals surface area contributed by atoms with Crippen LogP contribution in [0.15, 0.2) is 0 Å². The van der Waals surface area contributed by atoms with Crippen LogP contribution in [0.1, 0.15) is 0 Å². The lowest BCUT2D eigenvalue weighted by molar-refractivity contribution is -0.0196. The van der Waals surface area contributed by atoms with Crippen molar-refractivity contribution in [2.24, 2.45) is 0 Å². The average Bonchev–Trinajstić information content (AvgIpc) is 2.14. The second-order valence-corrected chi connectivity index (χ2v) is 4.87. The molecule has 3 atom stereocenters. The van der Waals surface area contributed by atoms with E-state index in [9.17, 15) is 4.57 Å². The fourth-order valence-electron chi connectivity index (χ4n) is 1.09. The van der Waals surface area contributed by atoms with E-state index in [4.69, 9.17) is 17.1 Å². The molecule has 0 aromatic heterocycles. The second-order valence-electron chi connectivity index (χ2n) is 3.34. The summed E-state index contributed by atoms with van der Waals surface area (Å²) in [6.07, 6.45) is -0.113. The third kappa shape index (κ3) is 4.03. The molecular weight excluding hydrogens is 202 g/mol. The van der Waals surface area contributed by atoms with E-state index in [-0.39, 0.29) is 12.1 Å². The molecule has 1 saturated heterocycles. The highest BCUT2D eigenvalue weighted by atomic mass is 31.1. The van der Waals surface area contributed by atoms with Crippen molar-refractivity contribution < 1.29 is 13.8 Å². The van der Waals surface area contributed by atoms with Crippen molar-refractivity contribution in [1.29, 1.82) is 0 Å². The van der Waals surface area contributed by atoms with Gasteiger partial charge in [0, 0.05) is 33.2 Å². The molecular formula is C7H15BN2O3P+. The van der Waals surface area contributed by atoms with E-state index in [2.05, 4.69) is 5.32 Å². The standard InChI is InChI=1S/C7H15BN2O3P/c1-10(2)14(11)12-5-6-3-9-4-7(8)13-6/h6-7,9H,3-5H2,1-2H3/q+1. The highest BCUT2D eigenvalue weighted by Gasteiger charge is 2.26. The number of hydrogen-bond acceptors (Lipinski definition) is 4. The topological polar surface area (TPSA) is 50.8 Å². The molecule has 5 nitrogen and oxygen atoms in total. The summed E-state index contributed by atoms with van der Waals surface area (Å²) in [4.78, 5) is 0. The zero-order chi connectivity index (χ0) is 10.6. The van der Waals surface area contributed by atoms with Gasteiger partial charge in [-0.2, -0.15) is 0 Å². The monoisotopic (exact) mass is 217 g/mol. The van der Waals surface area contributed by atoms with Crippen LogP contribution in [-0.4, -0.2) is 58.4 Å². The molecule has 0 amide bonds. The summed E-state index contributed by atoms with van der Waals surface area (Å²) in [7, 11) is 7.22. The minimum absolute atomic E-state index is 0.113. The summed E-state index contributed by atoms with van der Waals surface area (Å²) in [6, 6.07) is -0.297. The van der Waals surface area contributed by atoms with E-state index >= 15 is 0 Å². The Kier molecular flexibility index (Phi) is 4.99. The van der Waals surface area contributed by atoms with E-state index in [1.54, 1.807) is 14.1 Å². The fraction of sp³-hybridized carbons (Fsp3) is 1.00. The molecule has 1 rings (SSSR count). The van der Waals surface area contributed by atoms with Crippen molar-refractivity contribution in [2.45, 2.75) is 12.1 Å². The van der Waals surface area contributed by atoms with Gasteiger partial charge in [-0.25, -0.2) is 0 Å². The van der Waals surface area contributed by atoms with Gasteiger partial charge in [-0.1, -0.05) is 4.67 Å². The fourth-order valence-corrected chi connectivity index (χ4v) is 1.62. The predicted octanol–water partition coefficient (Wildman–Crippen LogP) is -0.295. The van der Waals surface area contributed by atoms with Crippen LogP contribution in [-0.2, 0) is 13.8 Å². The molecule has 0 aromatic carbocycles. The van der Waals surface area contributed by atoms with Gasteiger partial charge in [0.2, 0.25) is 0 Å². The zero-order valence-electron chi connectivity index (χ0n) is 8.47. The minimum Gasteiger partial charge on any atom is -0.380 e. The number of rotatable bonds is 4. The molecule has 14 heavy (non-hydrogen) atoms. The van der Waals surface area contributed by atoms with E-state index in [0.29, 0.717) is 19.7 Å². The van der Waals surface area contributed by atoms with E-state index in [1.807, 2.05) is 0 Å². The molecule has 7 heteroatoms. The van der Waals surface area contributed by atoms with Gasteiger partial charge in [-0.15, -0.1) is 4.52 Å². The molecule has 1 N–H and O–H groups in total. The first-order valence-corrected chi connectivity index (χ1v) is 5.62. The quantitative estimate of drug-likeness (QED) is 0.517. The molecule has 0 spiro atoms. The summed E-state index contributed by atoms with van der Waals surface area (Å²) >= 11 is 0. The minimum atomic E-state index is -1.74. The Balaban J connectivity index is 2.20. The van der Waals surface area contributed by atoms with Crippen molar-refractivity contribution in [3.63, 3.8) is 0 Å². The Morgan fingerprint density at radius 2 is 2.36 bits per heavy atom. The zero-order valence-corrected chi connectivity index (χ0v) is 9.37. The van der Waals surface area contributed by atoms with E-state index < -0.39 is 8.18 Å². The largest absolute Gasteiger partial charge is 0.615 e. The molecule has 1 aliphatic heterocycles. The van der Waals surface area contributed by atoms with Crippen LogP contribution in [0.25, 0.3) is 0 Å². The van der Waals surface area contributed by atoms with Gasteiger partial charge in [0.25, 0.3) is 0 Å². The summed E-state index contributed by atoms with van der Waals surface area (Å²) in [5, 5.41) is 3.10. The highest BCUT2D eigenvalue weighted by molar-refractivity contribution is 7.36. The number of hydrogen-bond donors (Lipinski definition) is 1. The normalized spacial score (nSPS) is 29.2. The van der Waals surface area contributed by atoms with E-state index in [1.165, 1.54) is 4.67 Å². The Labute approximate surface area is 86.5 Å². The van der Waals surface area contributed by atoms with Gasteiger partial charge in [0.05, 0.1) is 6.10 Å². The van der Waals surface area contributed by atoms with Gasteiger partial charge in [0.1, 0.15) is 14.5 Å². The SMILES string of the molecule is [B]C1CNCC(CO[P+](=O)N(C)C)O1. The van der Waals surface area contributed by atoms with E-state index in [0.717, 1.165) is 0 Å². The molecule has 3 unspecified atom stereocenters. The van der Waals surface area contributed by atoms with Crippen molar-refractivity contribution in [1.82, 2.24) is 9.99 Å². The van der Waals surface area contributed by atoms with Crippen LogP contribution in [0, 0.1) is 0 Å². The maximum atomic E-state index is 11.2. The maximum Gasteiger partial charge on any atom is 0.615 e. The van der Waals surface area contributed by atoms with Crippen LogP contribution >= 0.6 is 8.18 Å². The summed E-state index contributed by atoms with van der Waals surface area (Å²) < 4.78 is 23.2. The first kappa shape index (κ1) is 12.1. The Bertz CT molecular complexity index is 205. The van der Waals surface area contributed by atoms with Crippen molar-refractivity contribution >= 4 is 16.0 Å². The highest BCUT2D eigenvalue weighted by Crippen LogP contribution is 2.24. The summed E-state index contributed by atoms with van der Waals surface area (Å²) in [5.74, 6) is 0. The molecule has 78 valence electrons. The maximum absolute atomic E-state index is 11.2. The van der Waals surface area contributed by atoms with Crippen LogP contribution in [0.4, 0.5) is 0 Å².